The third-order valence-electron chi connectivity index (χ3n) is 6.48. The first-order chi connectivity index (χ1) is 13.5. The van der Waals surface area contributed by atoms with Gasteiger partial charge in [-0.1, -0.05) is 25.3 Å². The maximum Gasteiger partial charge on any atom is 0.271 e. The van der Waals surface area contributed by atoms with Crippen LogP contribution in [-0.2, 0) is 10.0 Å². The molecule has 0 aromatic heterocycles. The smallest absolute Gasteiger partial charge is 0.267 e. The van der Waals surface area contributed by atoms with Gasteiger partial charge in [0.05, 0.1) is 4.90 Å². The second-order valence-corrected chi connectivity index (χ2v) is 10.2. The summed E-state index contributed by atoms with van der Waals surface area (Å²) >= 11 is 0. The number of nitrogens with zero attached hydrogens (tertiary/aromatic N) is 2. The number of sulfonamides is 1. The molecule has 1 heterocycles. The van der Waals surface area contributed by atoms with Crippen molar-refractivity contribution in [2.75, 3.05) is 13.1 Å². The number of carbonyl (C=O) groups excluding carboxylic acids is 1. The Morgan fingerprint density at radius 3 is 2.57 bits per heavy atom. The minimum absolute atomic E-state index is 0.178. The monoisotopic (exact) mass is 403 g/mol. The molecular weight excluding hydrogens is 374 g/mol. The summed E-state index contributed by atoms with van der Waals surface area (Å²) in [6, 6.07) is 6.27. The fourth-order valence-corrected chi connectivity index (χ4v) is 6.42. The summed E-state index contributed by atoms with van der Waals surface area (Å²) in [5.74, 6) is 1.19. The van der Waals surface area contributed by atoms with Gasteiger partial charge in [-0.2, -0.15) is 9.41 Å². The van der Waals surface area contributed by atoms with Crippen LogP contribution in [0.3, 0.4) is 0 Å². The van der Waals surface area contributed by atoms with Gasteiger partial charge in [-0.3, -0.25) is 4.79 Å². The number of fused-ring (bicyclic) bond motifs is 1. The number of carbonyl (C=O) groups is 1. The van der Waals surface area contributed by atoms with Gasteiger partial charge in [0, 0.05) is 24.4 Å². The van der Waals surface area contributed by atoms with Gasteiger partial charge in [0.1, 0.15) is 0 Å². The summed E-state index contributed by atoms with van der Waals surface area (Å²) in [5.41, 5.74) is 4.05. The largest absolute Gasteiger partial charge is 0.271 e. The lowest BCUT2D eigenvalue weighted by Crippen LogP contribution is -2.30. The SMILES string of the molecule is O=C(N/N=C1\CC[C@@H]2CCCC[C@H]2C1)c1cccc(S(=O)(=O)N2CCCC2)c1. The van der Waals surface area contributed by atoms with E-state index in [1.165, 1.54) is 42.5 Å². The maximum atomic E-state index is 12.7. The molecule has 4 rings (SSSR count). The highest BCUT2D eigenvalue weighted by atomic mass is 32.2. The number of hydrogen-bond acceptors (Lipinski definition) is 4. The van der Waals surface area contributed by atoms with E-state index >= 15 is 0 Å². The standard InChI is InChI=1S/C21H29N3O3S/c25-21(23-22-19-11-10-16-6-1-2-7-17(16)14-19)18-8-5-9-20(15-18)28(26,27)24-12-3-4-13-24/h5,8-9,15-17H,1-4,6-7,10-14H2,(H,23,25)/b22-19+/t16-,17-/m0/s1. The van der Waals surface area contributed by atoms with Crippen LogP contribution >= 0.6 is 0 Å². The predicted octanol–water partition coefficient (Wildman–Crippen LogP) is 3.55. The Morgan fingerprint density at radius 2 is 1.79 bits per heavy atom. The van der Waals surface area contributed by atoms with E-state index < -0.39 is 10.0 Å². The summed E-state index contributed by atoms with van der Waals surface area (Å²) in [4.78, 5) is 12.7. The summed E-state index contributed by atoms with van der Waals surface area (Å²) in [6.07, 6.45) is 10.1. The van der Waals surface area contributed by atoms with E-state index in [9.17, 15) is 13.2 Å². The average Bonchev–Trinajstić information content (AvgIpc) is 3.28. The fraction of sp³-hybridized carbons (Fsp3) is 0.619. The zero-order chi connectivity index (χ0) is 19.6. The maximum absolute atomic E-state index is 12.7. The highest BCUT2D eigenvalue weighted by Gasteiger charge is 2.30. The molecule has 0 spiro atoms. The molecule has 3 aliphatic rings. The lowest BCUT2D eigenvalue weighted by Gasteiger charge is -2.35. The van der Waals surface area contributed by atoms with Gasteiger partial charge >= 0.3 is 0 Å². The Bertz CT molecular complexity index is 859. The van der Waals surface area contributed by atoms with Crippen LogP contribution in [0, 0.1) is 11.8 Å². The molecule has 28 heavy (non-hydrogen) atoms. The zero-order valence-electron chi connectivity index (χ0n) is 16.3. The van der Waals surface area contributed by atoms with E-state index in [1.807, 2.05) is 0 Å². The van der Waals surface area contributed by atoms with Gasteiger partial charge < -0.3 is 0 Å². The van der Waals surface area contributed by atoms with Crippen molar-refractivity contribution < 1.29 is 13.2 Å². The molecule has 2 atom stereocenters. The van der Waals surface area contributed by atoms with Gasteiger partial charge in [-0.15, -0.1) is 0 Å². The average molecular weight is 404 g/mol. The molecule has 1 amide bonds. The van der Waals surface area contributed by atoms with Crippen molar-refractivity contribution in [2.24, 2.45) is 16.9 Å². The number of amides is 1. The topological polar surface area (TPSA) is 78.8 Å². The highest BCUT2D eigenvalue weighted by Crippen LogP contribution is 2.39. The molecule has 0 unspecified atom stereocenters. The van der Waals surface area contributed by atoms with Gasteiger partial charge in [0.15, 0.2) is 0 Å². The van der Waals surface area contributed by atoms with Crippen molar-refractivity contribution in [1.29, 1.82) is 0 Å². The van der Waals surface area contributed by atoms with Crippen molar-refractivity contribution in [3.05, 3.63) is 29.8 Å². The third-order valence-corrected chi connectivity index (χ3v) is 8.38. The molecule has 6 nitrogen and oxygen atoms in total. The minimum atomic E-state index is -3.53. The van der Waals surface area contributed by atoms with Crippen LogP contribution in [-0.4, -0.2) is 37.4 Å². The Hall–Kier alpha value is -1.73. The number of nitrogens with one attached hydrogen (secondary N) is 1. The molecule has 1 saturated heterocycles. The molecular formula is C21H29N3O3S. The van der Waals surface area contributed by atoms with Crippen LogP contribution in [0.5, 0.6) is 0 Å². The van der Waals surface area contributed by atoms with Crippen LogP contribution < -0.4 is 5.43 Å². The molecule has 7 heteroatoms. The number of hydrazone groups is 1. The summed E-state index contributed by atoms with van der Waals surface area (Å²) in [7, 11) is -3.53. The van der Waals surface area contributed by atoms with E-state index in [-0.39, 0.29) is 10.8 Å². The molecule has 1 aromatic rings. The van der Waals surface area contributed by atoms with E-state index in [0.29, 0.717) is 24.6 Å². The normalized spacial score (nSPS) is 27.5. The van der Waals surface area contributed by atoms with Gasteiger partial charge in [-0.25, -0.2) is 13.8 Å². The first kappa shape index (κ1) is 19.6. The zero-order valence-corrected chi connectivity index (χ0v) is 17.1. The first-order valence-electron chi connectivity index (χ1n) is 10.5. The van der Waals surface area contributed by atoms with Crippen LogP contribution in [0.15, 0.2) is 34.3 Å². The predicted molar refractivity (Wildman–Crippen MR) is 109 cm³/mol. The van der Waals surface area contributed by atoms with Crippen molar-refractivity contribution in [2.45, 2.75) is 62.7 Å². The summed E-state index contributed by atoms with van der Waals surface area (Å²) < 4.78 is 26.9. The molecule has 1 aromatic carbocycles. The molecule has 0 bridgehead atoms. The van der Waals surface area contributed by atoms with Gasteiger partial charge in [0.2, 0.25) is 10.0 Å². The van der Waals surface area contributed by atoms with Crippen LogP contribution in [0.1, 0.15) is 68.1 Å². The second-order valence-electron chi connectivity index (χ2n) is 8.31. The van der Waals surface area contributed by atoms with Crippen LogP contribution in [0.25, 0.3) is 0 Å². The van der Waals surface area contributed by atoms with E-state index in [4.69, 9.17) is 0 Å². The Morgan fingerprint density at radius 1 is 1.04 bits per heavy atom. The molecule has 3 fully saturated rings. The summed E-state index contributed by atoms with van der Waals surface area (Å²) in [6.45, 7) is 1.10. The molecule has 0 radical (unpaired) electrons. The fourth-order valence-electron chi connectivity index (χ4n) is 4.86. The molecule has 1 aliphatic heterocycles. The van der Waals surface area contributed by atoms with Gasteiger partial charge in [0.25, 0.3) is 5.91 Å². The lowest BCUT2D eigenvalue weighted by molar-refractivity contribution is 0.0954. The van der Waals surface area contributed by atoms with E-state index in [1.54, 1.807) is 18.2 Å². The number of hydrogen-bond donors (Lipinski definition) is 1. The molecule has 1 N–H and O–H groups in total. The van der Waals surface area contributed by atoms with E-state index in [2.05, 4.69) is 10.5 Å². The third kappa shape index (κ3) is 4.15. The minimum Gasteiger partial charge on any atom is -0.267 e. The van der Waals surface area contributed by atoms with E-state index in [0.717, 1.165) is 37.3 Å². The molecule has 2 saturated carbocycles. The highest BCUT2D eigenvalue weighted by molar-refractivity contribution is 7.89. The van der Waals surface area contributed by atoms with Crippen molar-refractivity contribution in [3.8, 4) is 0 Å². The van der Waals surface area contributed by atoms with Gasteiger partial charge in [-0.05, 0) is 68.6 Å². The second kappa shape index (κ2) is 8.33. The number of rotatable bonds is 4. The Balaban J connectivity index is 1.42. The van der Waals surface area contributed by atoms with Crippen LogP contribution in [0.2, 0.25) is 0 Å². The summed E-state index contributed by atoms with van der Waals surface area (Å²) in [5, 5.41) is 4.38. The Kier molecular flexibility index (Phi) is 5.83. The van der Waals surface area contributed by atoms with Crippen molar-refractivity contribution in [3.63, 3.8) is 0 Å². The first-order valence-corrected chi connectivity index (χ1v) is 11.9. The van der Waals surface area contributed by atoms with Crippen molar-refractivity contribution in [1.82, 2.24) is 9.73 Å². The lowest BCUT2D eigenvalue weighted by atomic mass is 9.70. The van der Waals surface area contributed by atoms with Crippen LogP contribution in [0.4, 0.5) is 0 Å². The van der Waals surface area contributed by atoms with Crippen molar-refractivity contribution >= 4 is 21.6 Å². The molecule has 2 aliphatic carbocycles. The Labute approximate surface area is 167 Å². The quantitative estimate of drug-likeness (QED) is 0.781. The molecule has 152 valence electrons. The number of benzene rings is 1.